The number of nitriles is 1. The molecule has 0 fully saturated rings. The van der Waals surface area contributed by atoms with Gasteiger partial charge in [0.1, 0.15) is 0 Å². The molecule has 0 radical (unpaired) electrons. The van der Waals surface area contributed by atoms with Gasteiger partial charge >= 0.3 is 0 Å². The van der Waals surface area contributed by atoms with Crippen molar-refractivity contribution in [3.05, 3.63) is 17.7 Å². The summed E-state index contributed by atoms with van der Waals surface area (Å²) in [5, 5.41) is 11.3. The summed E-state index contributed by atoms with van der Waals surface area (Å²) in [5.41, 5.74) is 0. The van der Waals surface area contributed by atoms with Crippen LogP contribution in [-0.4, -0.2) is 25.1 Å². The minimum absolute atomic E-state index is 0.0389. The van der Waals surface area contributed by atoms with E-state index in [4.69, 9.17) is 5.26 Å². The Morgan fingerprint density at radius 1 is 1.44 bits per heavy atom. The van der Waals surface area contributed by atoms with Gasteiger partial charge in [0.05, 0.1) is 12.5 Å². The fourth-order valence-corrected chi connectivity index (χ4v) is 1.42. The third kappa shape index (κ3) is 3.55. The molecule has 0 unspecified atom stereocenters. The Kier molecular flexibility index (Phi) is 5.31. The van der Waals surface area contributed by atoms with E-state index in [0.29, 0.717) is 13.1 Å². The SMILES string of the molecule is CCCNc1nc(N(C)CCC#N)c(F)cc1F. The van der Waals surface area contributed by atoms with Crippen molar-refractivity contribution >= 4 is 11.6 Å². The highest BCUT2D eigenvalue weighted by atomic mass is 19.1. The van der Waals surface area contributed by atoms with Gasteiger partial charge in [0.25, 0.3) is 0 Å². The maximum atomic E-state index is 13.6. The number of hydrogen-bond acceptors (Lipinski definition) is 4. The molecule has 18 heavy (non-hydrogen) atoms. The highest BCUT2D eigenvalue weighted by molar-refractivity contribution is 5.48. The van der Waals surface area contributed by atoms with E-state index >= 15 is 0 Å². The summed E-state index contributed by atoms with van der Waals surface area (Å²) in [5.74, 6) is -1.35. The highest BCUT2D eigenvalue weighted by Crippen LogP contribution is 2.21. The zero-order valence-electron chi connectivity index (χ0n) is 10.5. The molecule has 98 valence electrons. The normalized spacial score (nSPS) is 9.94. The molecule has 1 aromatic heterocycles. The summed E-state index contributed by atoms with van der Waals surface area (Å²) in [6, 6.07) is 2.78. The molecule has 1 rings (SSSR count). The Morgan fingerprint density at radius 2 is 2.17 bits per heavy atom. The number of aromatic nitrogens is 1. The second-order valence-corrected chi connectivity index (χ2v) is 3.88. The first kappa shape index (κ1) is 14.2. The Bertz CT molecular complexity index is 442. The lowest BCUT2D eigenvalue weighted by molar-refractivity contribution is 0.572. The lowest BCUT2D eigenvalue weighted by Gasteiger charge is -2.18. The molecule has 0 spiro atoms. The predicted octanol–water partition coefficient (Wildman–Crippen LogP) is 2.53. The van der Waals surface area contributed by atoms with Crippen LogP contribution in [0.1, 0.15) is 19.8 Å². The number of nitrogens with zero attached hydrogens (tertiary/aromatic N) is 3. The van der Waals surface area contributed by atoms with Gasteiger partial charge in [-0.15, -0.1) is 0 Å². The summed E-state index contributed by atoms with van der Waals surface area (Å²) in [7, 11) is 1.62. The monoisotopic (exact) mass is 254 g/mol. The number of hydrogen-bond donors (Lipinski definition) is 1. The van der Waals surface area contributed by atoms with Crippen molar-refractivity contribution in [2.75, 3.05) is 30.4 Å². The summed E-state index contributed by atoms with van der Waals surface area (Å²) >= 11 is 0. The standard InChI is InChI=1S/C12H16F2N4/c1-3-6-16-11-9(13)8-10(14)12(17-11)18(2)7-4-5-15/h8H,3-4,6-7H2,1-2H3,(H,16,17). The minimum Gasteiger partial charge on any atom is -0.368 e. The topological polar surface area (TPSA) is 52.0 Å². The van der Waals surface area contributed by atoms with E-state index in [1.807, 2.05) is 13.0 Å². The zero-order chi connectivity index (χ0) is 13.5. The summed E-state index contributed by atoms with van der Waals surface area (Å²) in [6.07, 6.45) is 1.07. The van der Waals surface area contributed by atoms with E-state index in [1.54, 1.807) is 7.05 Å². The van der Waals surface area contributed by atoms with E-state index in [0.717, 1.165) is 12.5 Å². The molecule has 0 aromatic carbocycles. The molecule has 1 heterocycles. The van der Waals surface area contributed by atoms with Crippen LogP contribution in [0.15, 0.2) is 6.07 Å². The molecule has 0 aliphatic rings. The van der Waals surface area contributed by atoms with Crippen molar-refractivity contribution in [2.24, 2.45) is 0 Å². The molecule has 0 amide bonds. The van der Waals surface area contributed by atoms with E-state index in [2.05, 4.69) is 10.3 Å². The van der Waals surface area contributed by atoms with Crippen LogP contribution in [0.5, 0.6) is 0 Å². The number of pyridine rings is 1. The van der Waals surface area contributed by atoms with E-state index < -0.39 is 11.6 Å². The lowest BCUT2D eigenvalue weighted by atomic mass is 10.3. The first-order chi connectivity index (χ1) is 8.60. The first-order valence-corrected chi connectivity index (χ1v) is 5.78. The van der Waals surface area contributed by atoms with Gasteiger partial charge < -0.3 is 10.2 Å². The molecular weight excluding hydrogens is 238 g/mol. The van der Waals surface area contributed by atoms with Crippen molar-refractivity contribution in [2.45, 2.75) is 19.8 Å². The molecular formula is C12H16F2N4. The molecule has 0 aliphatic carbocycles. The molecule has 4 nitrogen and oxygen atoms in total. The van der Waals surface area contributed by atoms with Gasteiger partial charge in [0.15, 0.2) is 23.3 Å². The predicted molar refractivity (Wildman–Crippen MR) is 66.4 cm³/mol. The third-order valence-electron chi connectivity index (χ3n) is 2.37. The fraction of sp³-hybridized carbons (Fsp3) is 0.500. The second kappa shape index (κ2) is 6.74. The van der Waals surface area contributed by atoms with Crippen molar-refractivity contribution in [3.63, 3.8) is 0 Å². The van der Waals surface area contributed by atoms with Crippen LogP contribution >= 0.6 is 0 Å². The van der Waals surface area contributed by atoms with Crippen LogP contribution in [0.25, 0.3) is 0 Å². The van der Waals surface area contributed by atoms with E-state index in [1.165, 1.54) is 4.90 Å². The van der Waals surface area contributed by atoms with Gasteiger partial charge in [-0.05, 0) is 6.42 Å². The molecule has 1 N–H and O–H groups in total. The Hall–Kier alpha value is -1.90. The highest BCUT2D eigenvalue weighted by Gasteiger charge is 2.14. The van der Waals surface area contributed by atoms with Gasteiger partial charge in [-0.3, -0.25) is 0 Å². The van der Waals surface area contributed by atoms with Gasteiger partial charge in [0.2, 0.25) is 0 Å². The maximum absolute atomic E-state index is 13.6. The molecule has 0 aliphatic heterocycles. The number of halogens is 2. The average molecular weight is 254 g/mol. The second-order valence-electron chi connectivity index (χ2n) is 3.88. The fourth-order valence-electron chi connectivity index (χ4n) is 1.42. The van der Waals surface area contributed by atoms with Crippen LogP contribution in [0.2, 0.25) is 0 Å². The minimum atomic E-state index is -0.727. The van der Waals surface area contributed by atoms with Crippen LogP contribution in [-0.2, 0) is 0 Å². The van der Waals surface area contributed by atoms with Gasteiger partial charge in [-0.25, -0.2) is 13.8 Å². The summed E-state index contributed by atoms with van der Waals surface area (Å²) in [4.78, 5) is 5.41. The Labute approximate surface area is 105 Å². The molecule has 0 saturated heterocycles. The zero-order valence-corrected chi connectivity index (χ0v) is 10.5. The van der Waals surface area contributed by atoms with Crippen LogP contribution in [0.4, 0.5) is 20.4 Å². The van der Waals surface area contributed by atoms with Gasteiger partial charge in [0, 0.05) is 26.2 Å². The van der Waals surface area contributed by atoms with Crippen molar-refractivity contribution in [1.29, 1.82) is 5.26 Å². The summed E-state index contributed by atoms with van der Waals surface area (Å²) < 4.78 is 27.0. The Morgan fingerprint density at radius 3 is 2.78 bits per heavy atom. The Balaban J connectivity index is 2.93. The van der Waals surface area contributed by atoms with Crippen LogP contribution in [0.3, 0.4) is 0 Å². The maximum Gasteiger partial charge on any atom is 0.168 e. The largest absolute Gasteiger partial charge is 0.368 e. The molecule has 0 saturated carbocycles. The van der Waals surface area contributed by atoms with Crippen molar-refractivity contribution in [1.82, 2.24) is 4.98 Å². The molecule has 1 aromatic rings. The van der Waals surface area contributed by atoms with E-state index in [9.17, 15) is 8.78 Å². The van der Waals surface area contributed by atoms with Crippen molar-refractivity contribution < 1.29 is 8.78 Å². The average Bonchev–Trinajstić information content (AvgIpc) is 2.35. The molecule has 0 bridgehead atoms. The number of rotatable bonds is 6. The van der Waals surface area contributed by atoms with Crippen molar-refractivity contribution in [3.8, 4) is 6.07 Å². The quantitative estimate of drug-likeness (QED) is 0.847. The first-order valence-electron chi connectivity index (χ1n) is 5.78. The number of nitrogens with one attached hydrogen (secondary N) is 1. The van der Waals surface area contributed by atoms with E-state index in [-0.39, 0.29) is 18.1 Å². The molecule has 0 atom stereocenters. The third-order valence-corrected chi connectivity index (χ3v) is 2.37. The van der Waals surface area contributed by atoms with Crippen LogP contribution < -0.4 is 10.2 Å². The van der Waals surface area contributed by atoms with Crippen LogP contribution in [0, 0.1) is 23.0 Å². The lowest BCUT2D eigenvalue weighted by Crippen LogP contribution is -2.21. The summed E-state index contributed by atoms with van der Waals surface area (Å²) in [6.45, 7) is 2.85. The van der Waals surface area contributed by atoms with Gasteiger partial charge in [-0.2, -0.15) is 5.26 Å². The van der Waals surface area contributed by atoms with Gasteiger partial charge in [-0.1, -0.05) is 6.92 Å². The number of anilines is 2. The smallest absolute Gasteiger partial charge is 0.168 e. The molecule has 6 heteroatoms.